The number of hydrogen-bond donors (Lipinski definition) is 2. The van der Waals surface area contributed by atoms with Crippen LogP contribution in [0.1, 0.15) is 38.4 Å². The van der Waals surface area contributed by atoms with E-state index < -0.39 is 0 Å². The smallest absolute Gasteiger partial charge is 0.191 e. The van der Waals surface area contributed by atoms with Crippen molar-refractivity contribution in [3.63, 3.8) is 0 Å². The van der Waals surface area contributed by atoms with Gasteiger partial charge in [0, 0.05) is 19.8 Å². The first-order valence-corrected chi connectivity index (χ1v) is 7.93. The van der Waals surface area contributed by atoms with E-state index in [1.54, 1.807) is 7.05 Å². The van der Waals surface area contributed by atoms with E-state index in [1.807, 2.05) is 28.8 Å². The highest BCUT2D eigenvalue weighted by Gasteiger charge is 2.28. The molecule has 2 heterocycles. The summed E-state index contributed by atoms with van der Waals surface area (Å²) in [4.78, 5) is 4.30. The van der Waals surface area contributed by atoms with Crippen LogP contribution in [-0.2, 0) is 6.54 Å². The molecule has 2 N–H and O–H groups in total. The highest BCUT2D eigenvalue weighted by molar-refractivity contribution is 5.79. The van der Waals surface area contributed by atoms with E-state index in [2.05, 4.69) is 32.7 Å². The van der Waals surface area contributed by atoms with Crippen molar-refractivity contribution in [3.05, 3.63) is 30.2 Å². The fraction of sp³-hybridized carbons (Fsp3) is 0.562. The van der Waals surface area contributed by atoms with E-state index in [0.717, 1.165) is 24.0 Å². The summed E-state index contributed by atoms with van der Waals surface area (Å²) < 4.78 is 1.98. The van der Waals surface area contributed by atoms with E-state index in [0.29, 0.717) is 12.0 Å². The third-order valence-electron chi connectivity index (χ3n) is 4.52. The summed E-state index contributed by atoms with van der Waals surface area (Å²) in [6.45, 7) is 3.92. The highest BCUT2D eigenvalue weighted by atomic mass is 15.3. The van der Waals surface area contributed by atoms with Crippen molar-refractivity contribution in [1.82, 2.24) is 25.2 Å². The number of nitrogens with zero attached hydrogens (tertiary/aromatic N) is 4. The minimum absolute atomic E-state index is 0.402. The van der Waals surface area contributed by atoms with Gasteiger partial charge in [-0.3, -0.25) is 9.39 Å². The van der Waals surface area contributed by atoms with Crippen molar-refractivity contribution in [3.8, 4) is 0 Å². The van der Waals surface area contributed by atoms with Crippen molar-refractivity contribution in [2.24, 2.45) is 10.4 Å². The van der Waals surface area contributed by atoms with E-state index in [4.69, 9.17) is 0 Å². The van der Waals surface area contributed by atoms with Gasteiger partial charge in [0.2, 0.25) is 0 Å². The first-order valence-electron chi connectivity index (χ1n) is 7.93. The molecule has 1 aliphatic carbocycles. The molecular formula is C16H24N6. The topological polar surface area (TPSA) is 66.6 Å². The first-order chi connectivity index (χ1) is 10.7. The zero-order valence-corrected chi connectivity index (χ0v) is 13.3. The Hall–Kier alpha value is -2.11. The molecule has 3 rings (SSSR count). The number of hydrogen-bond acceptors (Lipinski definition) is 3. The number of aliphatic imine (C=N–C) groups is 1. The minimum atomic E-state index is 0.402. The molecule has 0 unspecified atom stereocenters. The molecule has 1 aliphatic rings. The molecule has 0 spiro atoms. The Morgan fingerprint density at radius 2 is 2.09 bits per heavy atom. The maximum absolute atomic E-state index is 4.30. The predicted octanol–water partition coefficient (Wildman–Crippen LogP) is 1.97. The van der Waals surface area contributed by atoms with Crippen molar-refractivity contribution in [1.29, 1.82) is 0 Å². The zero-order valence-electron chi connectivity index (χ0n) is 13.3. The summed E-state index contributed by atoms with van der Waals surface area (Å²) in [5, 5.41) is 15.1. The fourth-order valence-corrected chi connectivity index (χ4v) is 3.10. The van der Waals surface area contributed by atoms with Gasteiger partial charge < -0.3 is 10.6 Å². The van der Waals surface area contributed by atoms with Crippen LogP contribution in [0.3, 0.4) is 0 Å². The molecule has 0 aliphatic heterocycles. The standard InChI is InChI=1S/C16H24N6/c1-16(8-4-5-9-16)12-19-15(17-2)18-11-14-21-20-13-7-3-6-10-22(13)14/h3,6-7,10H,4-5,8-9,11-12H2,1-2H3,(H2,17,18,19). The van der Waals surface area contributed by atoms with Crippen molar-refractivity contribution < 1.29 is 0 Å². The van der Waals surface area contributed by atoms with Crippen LogP contribution in [0.25, 0.3) is 5.65 Å². The Balaban J connectivity index is 1.57. The van der Waals surface area contributed by atoms with Gasteiger partial charge in [-0.2, -0.15) is 0 Å². The number of pyridine rings is 1. The predicted molar refractivity (Wildman–Crippen MR) is 87.8 cm³/mol. The highest BCUT2D eigenvalue weighted by Crippen LogP contribution is 2.36. The van der Waals surface area contributed by atoms with Gasteiger partial charge in [0.25, 0.3) is 0 Å². The molecule has 6 heteroatoms. The summed E-state index contributed by atoms with van der Waals surface area (Å²) in [7, 11) is 1.80. The van der Waals surface area contributed by atoms with Crippen molar-refractivity contribution in [2.45, 2.75) is 39.2 Å². The Morgan fingerprint density at radius 3 is 2.86 bits per heavy atom. The Labute approximate surface area is 131 Å². The third-order valence-corrected chi connectivity index (χ3v) is 4.52. The van der Waals surface area contributed by atoms with Crippen LogP contribution in [-0.4, -0.2) is 34.2 Å². The monoisotopic (exact) mass is 300 g/mol. The second kappa shape index (κ2) is 6.34. The van der Waals surface area contributed by atoms with Gasteiger partial charge >= 0.3 is 0 Å². The van der Waals surface area contributed by atoms with Crippen LogP contribution in [0.5, 0.6) is 0 Å². The van der Waals surface area contributed by atoms with Crippen LogP contribution in [0, 0.1) is 5.41 Å². The average Bonchev–Trinajstić information content (AvgIpc) is 3.15. The first kappa shape index (κ1) is 14.8. The summed E-state index contributed by atoms with van der Waals surface area (Å²) >= 11 is 0. The lowest BCUT2D eigenvalue weighted by Crippen LogP contribution is -2.42. The Morgan fingerprint density at radius 1 is 1.27 bits per heavy atom. The molecule has 1 saturated carbocycles. The molecule has 2 aromatic heterocycles. The number of fused-ring (bicyclic) bond motifs is 1. The summed E-state index contributed by atoms with van der Waals surface area (Å²) in [5.41, 5.74) is 1.26. The number of aromatic nitrogens is 3. The normalized spacial score (nSPS) is 17.8. The largest absolute Gasteiger partial charge is 0.356 e. The van der Waals surface area contributed by atoms with Crippen LogP contribution in [0.15, 0.2) is 29.4 Å². The third kappa shape index (κ3) is 3.21. The van der Waals surface area contributed by atoms with Crippen molar-refractivity contribution >= 4 is 11.6 Å². The summed E-state index contributed by atoms with van der Waals surface area (Å²) in [6.07, 6.45) is 7.26. The van der Waals surface area contributed by atoms with Gasteiger partial charge in [0.05, 0.1) is 6.54 Å². The van der Waals surface area contributed by atoms with Gasteiger partial charge in [0.15, 0.2) is 17.4 Å². The number of nitrogens with one attached hydrogen (secondary N) is 2. The molecule has 1 fully saturated rings. The second-order valence-electron chi connectivity index (χ2n) is 6.34. The molecule has 6 nitrogen and oxygen atoms in total. The molecule has 0 aromatic carbocycles. The van der Waals surface area contributed by atoms with Crippen LogP contribution >= 0.6 is 0 Å². The second-order valence-corrected chi connectivity index (χ2v) is 6.34. The average molecular weight is 300 g/mol. The molecule has 0 atom stereocenters. The zero-order chi connectivity index (χ0) is 15.4. The summed E-state index contributed by atoms with van der Waals surface area (Å²) in [5.74, 6) is 1.70. The Bertz CT molecular complexity index is 653. The van der Waals surface area contributed by atoms with Gasteiger partial charge in [-0.15, -0.1) is 10.2 Å². The lowest BCUT2D eigenvalue weighted by atomic mass is 9.89. The molecule has 0 saturated heterocycles. The lowest BCUT2D eigenvalue weighted by molar-refractivity contribution is 0.334. The molecule has 2 aromatic rings. The lowest BCUT2D eigenvalue weighted by Gasteiger charge is -2.25. The van der Waals surface area contributed by atoms with Crippen LogP contribution < -0.4 is 10.6 Å². The van der Waals surface area contributed by atoms with E-state index in [-0.39, 0.29) is 0 Å². The summed E-state index contributed by atoms with van der Waals surface area (Å²) in [6, 6.07) is 5.89. The van der Waals surface area contributed by atoms with Crippen LogP contribution in [0.2, 0.25) is 0 Å². The molecule has 22 heavy (non-hydrogen) atoms. The fourth-order valence-electron chi connectivity index (χ4n) is 3.10. The Kier molecular flexibility index (Phi) is 4.27. The molecule has 0 bridgehead atoms. The molecule has 118 valence electrons. The minimum Gasteiger partial charge on any atom is -0.356 e. The SMILES string of the molecule is CN=C(NCc1nnc2ccccn12)NCC1(C)CCCC1. The maximum atomic E-state index is 4.30. The van der Waals surface area contributed by atoms with E-state index in [1.165, 1.54) is 25.7 Å². The van der Waals surface area contributed by atoms with Gasteiger partial charge in [0.1, 0.15) is 0 Å². The number of guanidine groups is 1. The van der Waals surface area contributed by atoms with Gasteiger partial charge in [-0.1, -0.05) is 25.8 Å². The van der Waals surface area contributed by atoms with Crippen LogP contribution in [0.4, 0.5) is 0 Å². The van der Waals surface area contributed by atoms with E-state index >= 15 is 0 Å². The number of rotatable bonds is 4. The van der Waals surface area contributed by atoms with E-state index in [9.17, 15) is 0 Å². The molecule has 0 amide bonds. The van der Waals surface area contributed by atoms with Gasteiger partial charge in [-0.05, 0) is 30.4 Å². The maximum Gasteiger partial charge on any atom is 0.191 e. The van der Waals surface area contributed by atoms with Gasteiger partial charge in [-0.25, -0.2) is 0 Å². The van der Waals surface area contributed by atoms with Crippen molar-refractivity contribution in [2.75, 3.05) is 13.6 Å². The molecule has 0 radical (unpaired) electrons. The molecular weight excluding hydrogens is 276 g/mol. The quantitative estimate of drug-likeness (QED) is 0.669.